The number of methoxy groups -OCH3 is 1. The molecule has 1 aromatic carbocycles. The van der Waals surface area contributed by atoms with E-state index in [9.17, 15) is 4.79 Å². The van der Waals surface area contributed by atoms with Gasteiger partial charge in [-0.15, -0.1) is 0 Å². The van der Waals surface area contributed by atoms with Gasteiger partial charge < -0.3 is 10.1 Å². The maximum atomic E-state index is 12.5. The first kappa shape index (κ1) is 21.5. The van der Waals surface area contributed by atoms with Crippen molar-refractivity contribution in [3.05, 3.63) is 34.9 Å². The van der Waals surface area contributed by atoms with Crippen molar-refractivity contribution in [3.8, 4) is 5.75 Å². The zero-order chi connectivity index (χ0) is 19.5. The predicted molar refractivity (Wildman–Crippen MR) is 114 cm³/mol. The third kappa shape index (κ3) is 7.78. The molecule has 3 nitrogen and oxygen atoms in total. The summed E-state index contributed by atoms with van der Waals surface area (Å²) in [6.45, 7) is 4.11. The van der Waals surface area contributed by atoms with Crippen LogP contribution in [0.15, 0.2) is 18.2 Å². The smallest absolute Gasteiger partial charge is 0.244 e. The second-order valence-corrected chi connectivity index (χ2v) is 7.97. The molecule has 1 aromatic rings. The number of aryl methyl sites for hydroxylation is 2. The molecule has 0 saturated heterocycles. The van der Waals surface area contributed by atoms with Gasteiger partial charge in [0.1, 0.15) is 5.75 Å². The molecule has 1 amide bonds. The zero-order valence-electron chi connectivity index (χ0n) is 17.5. The van der Waals surface area contributed by atoms with Gasteiger partial charge in [0.25, 0.3) is 0 Å². The third-order valence-corrected chi connectivity index (χ3v) is 5.66. The highest BCUT2D eigenvalue weighted by molar-refractivity contribution is 5.92. The summed E-state index contributed by atoms with van der Waals surface area (Å²) < 4.78 is 5.31. The first-order chi connectivity index (χ1) is 13.1. The van der Waals surface area contributed by atoms with E-state index in [0.717, 1.165) is 35.3 Å². The zero-order valence-corrected chi connectivity index (χ0v) is 17.5. The van der Waals surface area contributed by atoms with E-state index >= 15 is 0 Å². The van der Waals surface area contributed by atoms with Crippen LogP contribution in [0.3, 0.4) is 0 Å². The number of amides is 1. The molecule has 1 aliphatic carbocycles. The Balaban J connectivity index is 1.92. The molecule has 1 aliphatic rings. The number of rotatable bonds is 4. The molecule has 3 heteroatoms. The van der Waals surface area contributed by atoms with Crippen LogP contribution in [-0.2, 0) is 4.79 Å². The van der Waals surface area contributed by atoms with E-state index in [1.165, 1.54) is 57.8 Å². The Labute approximate surface area is 165 Å². The van der Waals surface area contributed by atoms with Crippen molar-refractivity contribution in [3.63, 3.8) is 0 Å². The van der Waals surface area contributed by atoms with Crippen LogP contribution in [0.4, 0.5) is 0 Å². The lowest BCUT2D eigenvalue weighted by Gasteiger charge is -2.18. The van der Waals surface area contributed by atoms with Crippen molar-refractivity contribution in [2.45, 2.75) is 90.5 Å². The summed E-state index contributed by atoms with van der Waals surface area (Å²) in [5.74, 6) is 0.890. The molecule has 0 bridgehead atoms. The second kappa shape index (κ2) is 11.8. The lowest BCUT2D eigenvalue weighted by molar-refractivity contribution is -0.117. The number of carbonyl (C=O) groups excluding carboxylic acids is 1. The summed E-state index contributed by atoms with van der Waals surface area (Å²) >= 11 is 0. The number of nitrogens with one attached hydrogen (secondary N) is 1. The SMILES string of the molecule is COc1cc(C)c(/C=C/C(=O)NC2CCCCCCCCCCC2)c(C)c1. The molecule has 2 rings (SSSR count). The van der Waals surface area contributed by atoms with Crippen molar-refractivity contribution in [2.75, 3.05) is 7.11 Å². The maximum absolute atomic E-state index is 12.5. The van der Waals surface area contributed by atoms with Crippen LogP contribution in [0.2, 0.25) is 0 Å². The quantitative estimate of drug-likeness (QED) is 0.648. The van der Waals surface area contributed by atoms with Gasteiger partial charge in [-0.2, -0.15) is 0 Å². The van der Waals surface area contributed by atoms with Crippen molar-refractivity contribution in [2.24, 2.45) is 0 Å². The number of ether oxygens (including phenoxy) is 1. The molecule has 0 spiro atoms. The number of carbonyl (C=O) groups is 1. The van der Waals surface area contributed by atoms with E-state index in [-0.39, 0.29) is 5.91 Å². The molecule has 0 aliphatic heterocycles. The Morgan fingerprint density at radius 1 is 0.926 bits per heavy atom. The fourth-order valence-electron chi connectivity index (χ4n) is 4.03. The Hall–Kier alpha value is -1.77. The van der Waals surface area contributed by atoms with Crippen molar-refractivity contribution >= 4 is 12.0 Å². The summed E-state index contributed by atoms with van der Waals surface area (Å²) in [4.78, 5) is 12.5. The molecule has 0 aromatic heterocycles. The van der Waals surface area contributed by atoms with E-state index in [1.807, 2.05) is 18.2 Å². The minimum atomic E-state index is 0.0294. The molecular formula is C24H37NO2. The van der Waals surface area contributed by atoms with Gasteiger partial charge in [0.05, 0.1) is 7.11 Å². The largest absolute Gasteiger partial charge is 0.497 e. The number of hydrogen-bond acceptors (Lipinski definition) is 2. The van der Waals surface area contributed by atoms with Crippen molar-refractivity contribution in [1.82, 2.24) is 5.32 Å². The van der Waals surface area contributed by atoms with Gasteiger partial charge in [0.2, 0.25) is 5.91 Å². The molecule has 0 atom stereocenters. The van der Waals surface area contributed by atoms with Gasteiger partial charge in [-0.1, -0.05) is 57.8 Å². The highest BCUT2D eigenvalue weighted by Crippen LogP contribution is 2.23. The van der Waals surface area contributed by atoms with Crippen LogP contribution in [0.25, 0.3) is 6.08 Å². The highest BCUT2D eigenvalue weighted by Gasteiger charge is 2.11. The first-order valence-electron chi connectivity index (χ1n) is 10.7. The van der Waals surface area contributed by atoms with Crippen molar-refractivity contribution in [1.29, 1.82) is 0 Å². The molecule has 1 N–H and O–H groups in total. The van der Waals surface area contributed by atoms with Gasteiger partial charge >= 0.3 is 0 Å². The lowest BCUT2D eigenvalue weighted by atomic mass is 9.98. The van der Waals surface area contributed by atoms with Crippen LogP contribution in [0.5, 0.6) is 5.75 Å². The van der Waals surface area contributed by atoms with Crippen LogP contribution in [0, 0.1) is 13.8 Å². The fourth-order valence-corrected chi connectivity index (χ4v) is 4.03. The summed E-state index contributed by atoms with van der Waals surface area (Å²) in [6.07, 6.45) is 17.7. The minimum Gasteiger partial charge on any atom is -0.497 e. The van der Waals surface area contributed by atoms with Crippen LogP contribution in [0.1, 0.15) is 87.3 Å². The Morgan fingerprint density at radius 2 is 1.41 bits per heavy atom. The molecular weight excluding hydrogens is 334 g/mol. The standard InChI is InChI=1S/C24H37NO2/c1-19-17-22(27-3)18-20(2)23(19)15-16-24(26)25-21-13-11-9-7-5-4-6-8-10-12-14-21/h15-18,21H,4-14H2,1-3H3,(H,25,26)/b16-15+. The average molecular weight is 372 g/mol. The van der Waals surface area contributed by atoms with Crippen LogP contribution in [-0.4, -0.2) is 19.1 Å². The molecule has 0 heterocycles. The second-order valence-electron chi connectivity index (χ2n) is 7.97. The third-order valence-electron chi connectivity index (χ3n) is 5.66. The normalized spacial score (nSPS) is 17.9. The fraction of sp³-hybridized carbons (Fsp3) is 0.625. The minimum absolute atomic E-state index is 0.0294. The maximum Gasteiger partial charge on any atom is 0.244 e. The molecule has 1 fully saturated rings. The Bertz CT molecular complexity index is 586. The van der Waals surface area contributed by atoms with E-state index < -0.39 is 0 Å². The van der Waals surface area contributed by atoms with E-state index in [2.05, 4.69) is 19.2 Å². The molecule has 0 unspecified atom stereocenters. The summed E-state index contributed by atoms with van der Waals surface area (Å²) in [5, 5.41) is 3.25. The summed E-state index contributed by atoms with van der Waals surface area (Å²) in [7, 11) is 1.68. The monoisotopic (exact) mass is 371 g/mol. The molecule has 150 valence electrons. The first-order valence-corrected chi connectivity index (χ1v) is 10.7. The number of benzene rings is 1. The van der Waals surface area contributed by atoms with Gasteiger partial charge in [0, 0.05) is 12.1 Å². The van der Waals surface area contributed by atoms with E-state index in [4.69, 9.17) is 4.74 Å². The van der Waals surface area contributed by atoms with E-state index in [1.54, 1.807) is 13.2 Å². The van der Waals surface area contributed by atoms with Gasteiger partial charge in [-0.25, -0.2) is 0 Å². The highest BCUT2D eigenvalue weighted by atomic mass is 16.5. The van der Waals surface area contributed by atoms with E-state index in [0.29, 0.717) is 6.04 Å². The van der Waals surface area contributed by atoms with Crippen LogP contribution < -0.4 is 10.1 Å². The molecule has 0 radical (unpaired) electrons. The van der Waals surface area contributed by atoms with Gasteiger partial charge in [0.15, 0.2) is 0 Å². The lowest BCUT2D eigenvalue weighted by Crippen LogP contribution is -2.33. The molecule has 1 saturated carbocycles. The average Bonchev–Trinajstić information content (AvgIpc) is 2.63. The Kier molecular flexibility index (Phi) is 9.44. The Morgan fingerprint density at radius 3 is 1.89 bits per heavy atom. The number of hydrogen-bond donors (Lipinski definition) is 1. The summed E-state index contributed by atoms with van der Waals surface area (Å²) in [5.41, 5.74) is 3.36. The molecule has 27 heavy (non-hydrogen) atoms. The predicted octanol–water partition coefficient (Wildman–Crippen LogP) is 6.11. The van der Waals surface area contributed by atoms with Gasteiger partial charge in [-0.05, 0) is 61.6 Å². The van der Waals surface area contributed by atoms with Crippen molar-refractivity contribution < 1.29 is 9.53 Å². The van der Waals surface area contributed by atoms with Crippen LogP contribution >= 0.6 is 0 Å². The van der Waals surface area contributed by atoms with Gasteiger partial charge in [-0.3, -0.25) is 4.79 Å². The summed E-state index contributed by atoms with van der Waals surface area (Å²) in [6, 6.07) is 4.34. The topological polar surface area (TPSA) is 38.3 Å².